The number of rotatable bonds is 3. The van der Waals surface area contributed by atoms with Gasteiger partial charge in [0.2, 0.25) is 10.6 Å². The lowest BCUT2D eigenvalue weighted by Crippen LogP contribution is -2.19. The van der Waals surface area contributed by atoms with Gasteiger partial charge in [-0.2, -0.15) is 4.98 Å². The number of nitrogens with zero attached hydrogens (tertiary/aromatic N) is 3. The van der Waals surface area contributed by atoms with Crippen LogP contribution in [0.5, 0.6) is 0 Å². The van der Waals surface area contributed by atoms with E-state index in [4.69, 9.17) is 0 Å². The number of anilines is 1. The zero-order valence-corrected chi connectivity index (χ0v) is 13.6. The van der Waals surface area contributed by atoms with Gasteiger partial charge in [0, 0.05) is 5.69 Å². The number of hydrogen-bond donors (Lipinski definition) is 1. The second-order valence-electron chi connectivity index (χ2n) is 4.15. The van der Waals surface area contributed by atoms with E-state index in [0.29, 0.717) is 9.47 Å². The van der Waals surface area contributed by atoms with Crippen molar-refractivity contribution in [3.05, 3.63) is 38.8 Å². The van der Waals surface area contributed by atoms with Crippen LogP contribution in [0.25, 0.3) is 0 Å². The molecule has 0 aliphatic carbocycles. The van der Waals surface area contributed by atoms with Crippen molar-refractivity contribution in [1.29, 1.82) is 0 Å². The first kappa shape index (κ1) is 14.2. The summed E-state index contributed by atoms with van der Waals surface area (Å²) < 4.78 is 2.42. The van der Waals surface area contributed by atoms with Crippen molar-refractivity contribution in [1.82, 2.24) is 14.8 Å². The van der Waals surface area contributed by atoms with E-state index in [1.807, 2.05) is 32.0 Å². The molecule has 0 spiro atoms. The molecule has 0 unspecified atom stereocenters. The zero-order chi connectivity index (χ0) is 14.0. The highest BCUT2D eigenvalue weighted by molar-refractivity contribution is 9.11. The summed E-state index contributed by atoms with van der Waals surface area (Å²) >= 11 is 6.38. The summed E-state index contributed by atoms with van der Waals surface area (Å²) in [6, 6.07) is 5.80. The normalized spacial score (nSPS) is 10.5. The molecule has 1 N–H and O–H groups in total. The molecule has 0 atom stereocenters. The Morgan fingerprint density at radius 1 is 1.32 bits per heavy atom. The van der Waals surface area contributed by atoms with Crippen molar-refractivity contribution in [3.63, 3.8) is 0 Å². The second kappa shape index (κ2) is 5.83. The summed E-state index contributed by atoms with van der Waals surface area (Å²) in [6.45, 7) is 4.15. The monoisotopic (exact) mass is 386 g/mol. The van der Waals surface area contributed by atoms with Crippen LogP contribution in [0.4, 0.5) is 5.69 Å². The molecule has 1 heterocycles. The third kappa shape index (κ3) is 3.63. The smallest absolute Gasteiger partial charge is 0.246 e. The van der Waals surface area contributed by atoms with Gasteiger partial charge in [0.15, 0.2) is 4.73 Å². The molecule has 7 heteroatoms. The number of carbonyl (C=O) groups excluding carboxylic acids is 1. The fraction of sp³-hybridized carbons (Fsp3) is 0.250. The zero-order valence-electron chi connectivity index (χ0n) is 10.4. The van der Waals surface area contributed by atoms with Crippen molar-refractivity contribution in [2.24, 2.45) is 0 Å². The van der Waals surface area contributed by atoms with E-state index in [-0.39, 0.29) is 12.5 Å². The predicted octanol–water partition coefficient (Wildman–Crippen LogP) is 3.06. The Kier molecular flexibility index (Phi) is 4.36. The molecule has 0 aliphatic heterocycles. The summed E-state index contributed by atoms with van der Waals surface area (Å²) in [7, 11) is 0. The Labute approximate surface area is 127 Å². The third-order valence-corrected chi connectivity index (χ3v) is 3.61. The molecule has 0 fully saturated rings. The van der Waals surface area contributed by atoms with Gasteiger partial charge in [-0.25, -0.2) is 4.68 Å². The predicted molar refractivity (Wildman–Crippen MR) is 80.0 cm³/mol. The minimum absolute atomic E-state index is 0.103. The first-order valence-electron chi connectivity index (χ1n) is 5.58. The maximum absolute atomic E-state index is 11.9. The number of aromatic nitrogens is 3. The van der Waals surface area contributed by atoms with Crippen LogP contribution in [0.1, 0.15) is 11.1 Å². The number of amides is 1. The molecule has 5 nitrogen and oxygen atoms in total. The molecule has 19 heavy (non-hydrogen) atoms. The Morgan fingerprint density at radius 3 is 2.63 bits per heavy atom. The van der Waals surface area contributed by atoms with Gasteiger partial charge in [0.05, 0.1) is 0 Å². The fourth-order valence-electron chi connectivity index (χ4n) is 1.55. The highest BCUT2D eigenvalue weighted by Gasteiger charge is 2.10. The lowest BCUT2D eigenvalue weighted by atomic mass is 10.1. The van der Waals surface area contributed by atoms with Crippen LogP contribution < -0.4 is 5.32 Å². The molecular formula is C12H12Br2N4O. The van der Waals surface area contributed by atoms with E-state index >= 15 is 0 Å². The molecule has 0 saturated carbocycles. The largest absolute Gasteiger partial charge is 0.324 e. The van der Waals surface area contributed by atoms with E-state index < -0.39 is 0 Å². The quantitative estimate of drug-likeness (QED) is 0.880. The van der Waals surface area contributed by atoms with Crippen LogP contribution in [0.2, 0.25) is 0 Å². The van der Waals surface area contributed by atoms with Crippen molar-refractivity contribution in [3.8, 4) is 0 Å². The first-order chi connectivity index (χ1) is 8.95. The minimum Gasteiger partial charge on any atom is -0.324 e. The summed E-state index contributed by atoms with van der Waals surface area (Å²) in [5.74, 6) is -0.152. The van der Waals surface area contributed by atoms with E-state index in [0.717, 1.165) is 11.3 Å². The van der Waals surface area contributed by atoms with E-state index in [1.54, 1.807) is 0 Å². The number of hydrogen-bond acceptors (Lipinski definition) is 3. The number of nitrogens with one attached hydrogen (secondary N) is 1. The molecule has 1 amide bonds. The van der Waals surface area contributed by atoms with E-state index in [1.165, 1.54) is 10.2 Å². The Balaban J connectivity index is 2.05. The van der Waals surface area contributed by atoms with Crippen LogP contribution in [0, 0.1) is 13.8 Å². The third-order valence-electron chi connectivity index (χ3n) is 2.68. The van der Waals surface area contributed by atoms with Crippen LogP contribution in [0.15, 0.2) is 27.7 Å². The van der Waals surface area contributed by atoms with Gasteiger partial charge < -0.3 is 5.32 Å². The van der Waals surface area contributed by atoms with Gasteiger partial charge >= 0.3 is 0 Å². The van der Waals surface area contributed by atoms with E-state index in [9.17, 15) is 4.79 Å². The molecule has 100 valence electrons. The maximum atomic E-state index is 11.9. The van der Waals surface area contributed by atoms with Gasteiger partial charge in [0.1, 0.15) is 6.54 Å². The summed E-state index contributed by atoms with van der Waals surface area (Å²) in [5.41, 5.74) is 3.12. The van der Waals surface area contributed by atoms with E-state index in [2.05, 4.69) is 47.3 Å². The molecule has 2 rings (SSSR count). The summed E-state index contributed by atoms with van der Waals surface area (Å²) in [5, 5.41) is 6.87. The van der Waals surface area contributed by atoms with Crippen LogP contribution in [-0.4, -0.2) is 20.7 Å². The van der Waals surface area contributed by atoms with Gasteiger partial charge in [-0.1, -0.05) is 6.07 Å². The second-order valence-corrected chi connectivity index (χ2v) is 5.57. The average Bonchev–Trinajstić information content (AvgIpc) is 2.62. The summed E-state index contributed by atoms with van der Waals surface area (Å²) in [4.78, 5) is 15.9. The first-order valence-corrected chi connectivity index (χ1v) is 7.17. The molecule has 0 bridgehead atoms. The van der Waals surface area contributed by atoms with Crippen LogP contribution in [-0.2, 0) is 11.3 Å². The maximum Gasteiger partial charge on any atom is 0.246 e. The highest BCUT2D eigenvalue weighted by Crippen LogP contribution is 2.15. The highest BCUT2D eigenvalue weighted by atomic mass is 79.9. The SMILES string of the molecule is Cc1ccc(NC(=O)Cn2nc(Br)nc2Br)cc1C. The lowest BCUT2D eigenvalue weighted by molar-refractivity contribution is -0.116. The number of aryl methyl sites for hydroxylation is 2. The molecule has 1 aromatic heterocycles. The Bertz CT molecular complexity index is 624. The lowest BCUT2D eigenvalue weighted by Gasteiger charge is -2.07. The summed E-state index contributed by atoms with van der Waals surface area (Å²) in [6.07, 6.45) is 0. The number of carbonyl (C=O) groups is 1. The fourth-order valence-corrected chi connectivity index (χ4v) is 2.52. The molecule has 0 radical (unpaired) electrons. The van der Waals surface area contributed by atoms with Gasteiger partial charge in [-0.05, 0) is 69.0 Å². The standard InChI is InChI=1S/C12H12Br2N4O/c1-7-3-4-9(5-8(7)2)15-10(19)6-18-12(14)16-11(13)17-18/h3-5H,6H2,1-2H3,(H,15,19). The van der Waals surface area contributed by atoms with Gasteiger partial charge in [-0.3, -0.25) is 4.79 Å². The molecular weight excluding hydrogens is 376 g/mol. The average molecular weight is 388 g/mol. The molecule has 0 saturated heterocycles. The number of benzene rings is 1. The minimum atomic E-state index is -0.152. The van der Waals surface area contributed by atoms with Crippen LogP contribution in [0.3, 0.4) is 0 Å². The van der Waals surface area contributed by atoms with Crippen molar-refractivity contribution < 1.29 is 4.79 Å². The molecule has 0 aliphatic rings. The van der Waals surface area contributed by atoms with Gasteiger partial charge in [0.25, 0.3) is 0 Å². The van der Waals surface area contributed by atoms with Crippen molar-refractivity contribution in [2.45, 2.75) is 20.4 Å². The van der Waals surface area contributed by atoms with Gasteiger partial charge in [-0.15, -0.1) is 5.10 Å². The molecule has 1 aromatic carbocycles. The Hall–Kier alpha value is -1.21. The van der Waals surface area contributed by atoms with Crippen molar-refractivity contribution >= 4 is 43.5 Å². The topological polar surface area (TPSA) is 59.8 Å². The number of halogens is 2. The Morgan fingerprint density at radius 2 is 2.05 bits per heavy atom. The molecule has 2 aromatic rings. The van der Waals surface area contributed by atoms with Crippen molar-refractivity contribution in [2.75, 3.05) is 5.32 Å². The van der Waals surface area contributed by atoms with Crippen LogP contribution >= 0.6 is 31.9 Å².